The average molecular weight is 467 g/mol. The van der Waals surface area contributed by atoms with Gasteiger partial charge in [-0.1, -0.05) is 48.5 Å². The molecule has 1 heterocycles. The first-order chi connectivity index (χ1) is 16.5. The zero-order chi connectivity index (χ0) is 24.1. The van der Waals surface area contributed by atoms with E-state index in [2.05, 4.69) is 29.6 Å². The molecule has 2 N–H and O–H groups in total. The van der Waals surface area contributed by atoms with Gasteiger partial charge in [0.15, 0.2) is 6.04 Å². The Labute approximate surface area is 198 Å². The van der Waals surface area contributed by atoms with Gasteiger partial charge in [0.05, 0.1) is 12.7 Å². The van der Waals surface area contributed by atoms with Crippen LogP contribution in [0.1, 0.15) is 43.2 Å². The van der Waals surface area contributed by atoms with Gasteiger partial charge < -0.3 is 24.8 Å². The van der Waals surface area contributed by atoms with Gasteiger partial charge in [-0.3, -0.25) is 4.79 Å². The second kappa shape index (κ2) is 10.7. The van der Waals surface area contributed by atoms with E-state index in [1.807, 2.05) is 24.3 Å². The number of rotatable bonds is 8. The molecule has 1 aliphatic heterocycles. The van der Waals surface area contributed by atoms with Crippen molar-refractivity contribution in [1.29, 1.82) is 0 Å². The van der Waals surface area contributed by atoms with E-state index in [9.17, 15) is 19.5 Å². The molecule has 34 heavy (non-hydrogen) atoms. The molecular formula is C26H30N2O6. The lowest BCUT2D eigenvalue weighted by Gasteiger charge is -2.37. The van der Waals surface area contributed by atoms with Crippen LogP contribution in [0.2, 0.25) is 0 Å². The van der Waals surface area contributed by atoms with Crippen molar-refractivity contribution in [3.8, 4) is 11.1 Å². The molecule has 180 valence electrons. The van der Waals surface area contributed by atoms with Crippen LogP contribution in [0, 0.1) is 0 Å². The highest BCUT2D eigenvalue weighted by Gasteiger charge is 2.37. The van der Waals surface area contributed by atoms with Gasteiger partial charge in [-0.05, 0) is 42.0 Å². The zero-order valence-corrected chi connectivity index (χ0v) is 19.2. The predicted molar refractivity (Wildman–Crippen MR) is 125 cm³/mol. The Morgan fingerprint density at radius 2 is 1.71 bits per heavy atom. The topological polar surface area (TPSA) is 105 Å². The van der Waals surface area contributed by atoms with Gasteiger partial charge >= 0.3 is 12.1 Å². The van der Waals surface area contributed by atoms with Crippen LogP contribution >= 0.6 is 0 Å². The first-order valence-electron chi connectivity index (χ1n) is 11.7. The highest BCUT2D eigenvalue weighted by molar-refractivity contribution is 5.84. The standard InChI is InChI=1S/C26H30N2O6/c1-17-24(25(30)31)28(14-15-33-17)23(29)12-6-7-13-27-26(32)34-16-22-20-10-4-2-8-18(20)19-9-3-5-11-21(19)22/h2-5,8-11,17,22,24H,6-7,12-16H2,1H3,(H,27,32)(H,30,31). The van der Waals surface area contributed by atoms with Crippen molar-refractivity contribution in [3.63, 3.8) is 0 Å². The van der Waals surface area contributed by atoms with Crippen LogP contribution in [0.5, 0.6) is 0 Å². The summed E-state index contributed by atoms with van der Waals surface area (Å²) in [7, 11) is 0. The summed E-state index contributed by atoms with van der Waals surface area (Å²) in [5, 5.41) is 12.1. The molecule has 2 aliphatic rings. The van der Waals surface area contributed by atoms with Crippen molar-refractivity contribution < 1.29 is 29.0 Å². The molecule has 0 radical (unpaired) electrons. The molecular weight excluding hydrogens is 436 g/mol. The van der Waals surface area contributed by atoms with Crippen LogP contribution in [-0.4, -0.2) is 66.4 Å². The Bertz CT molecular complexity index is 1010. The maximum Gasteiger partial charge on any atom is 0.407 e. The molecule has 0 aromatic heterocycles. The van der Waals surface area contributed by atoms with Crippen molar-refractivity contribution in [1.82, 2.24) is 10.2 Å². The number of amides is 2. The van der Waals surface area contributed by atoms with Gasteiger partial charge in [0.25, 0.3) is 0 Å². The number of hydrogen-bond acceptors (Lipinski definition) is 5. The molecule has 2 atom stereocenters. The lowest BCUT2D eigenvalue weighted by Crippen LogP contribution is -2.56. The molecule has 2 aromatic rings. The Balaban J connectivity index is 1.19. The van der Waals surface area contributed by atoms with Crippen LogP contribution in [0.3, 0.4) is 0 Å². The van der Waals surface area contributed by atoms with Crippen molar-refractivity contribution >= 4 is 18.0 Å². The molecule has 0 bridgehead atoms. The number of fused-ring (bicyclic) bond motifs is 3. The van der Waals surface area contributed by atoms with E-state index < -0.39 is 24.2 Å². The highest BCUT2D eigenvalue weighted by atomic mass is 16.5. The molecule has 8 heteroatoms. The molecule has 2 aromatic carbocycles. The SMILES string of the molecule is CC1OCCN(C(=O)CCCCNC(=O)OCC2c3ccccc3-c3ccccc32)C1C(=O)O. The number of benzene rings is 2. The van der Waals surface area contributed by atoms with Crippen molar-refractivity contribution in [2.24, 2.45) is 0 Å². The van der Waals surface area contributed by atoms with Gasteiger partial charge in [-0.15, -0.1) is 0 Å². The second-order valence-corrected chi connectivity index (χ2v) is 8.66. The van der Waals surface area contributed by atoms with E-state index in [0.717, 1.165) is 11.1 Å². The third-order valence-corrected chi connectivity index (χ3v) is 6.50. The van der Waals surface area contributed by atoms with Crippen molar-refractivity contribution in [2.45, 2.75) is 44.2 Å². The molecule has 1 fully saturated rings. The number of carbonyl (C=O) groups excluding carboxylic acids is 2. The maximum atomic E-state index is 12.5. The summed E-state index contributed by atoms with van der Waals surface area (Å²) in [5.74, 6) is -1.25. The molecule has 2 unspecified atom stereocenters. The first kappa shape index (κ1) is 23.8. The number of nitrogens with zero attached hydrogens (tertiary/aromatic N) is 1. The predicted octanol–water partition coefficient (Wildman–Crippen LogP) is 3.40. The minimum atomic E-state index is -1.06. The Kier molecular flexibility index (Phi) is 7.47. The zero-order valence-electron chi connectivity index (χ0n) is 19.2. The molecule has 1 aliphatic carbocycles. The van der Waals surface area contributed by atoms with E-state index >= 15 is 0 Å². The normalized spacial score (nSPS) is 19.3. The monoisotopic (exact) mass is 466 g/mol. The van der Waals surface area contributed by atoms with Gasteiger partial charge in [0, 0.05) is 25.4 Å². The summed E-state index contributed by atoms with van der Waals surface area (Å²) in [5.41, 5.74) is 4.67. The van der Waals surface area contributed by atoms with Gasteiger partial charge in [0.1, 0.15) is 6.61 Å². The fourth-order valence-electron chi connectivity index (χ4n) is 4.82. The van der Waals surface area contributed by atoms with Crippen molar-refractivity contribution in [2.75, 3.05) is 26.3 Å². The Hall–Kier alpha value is -3.39. The number of carboxylic acids is 1. The largest absolute Gasteiger partial charge is 0.480 e. The third kappa shape index (κ3) is 5.07. The number of ether oxygens (including phenoxy) is 2. The average Bonchev–Trinajstić information content (AvgIpc) is 3.15. The summed E-state index contributed by atoms with van der Waals surface area (Å²) in [4.78, 5) is 37.6. The van der Waals surface area contributed by atoms with Crippen LogP contribution in [-0.2, 0) is 19.1 Å². The summed E-state index contributed by atoms with van der Waals surface area (Å²) in [6.07, 6.45) is 0.336. The second-order valence-electron chi connectivity index (χ2n) is 8.66. The Morgan fingerprint density at radius 3 is 2.35 bits per heavy atom. The molecule has 8 nitrogen and oxygen atoms in total. The number of morpholine rings is 1. The highest BCUT2D eigenvalue weighted by Crippen LogP contribution is 2.44. The molecule has 2 amide bonds. The van der Waals surface area contributed by atoms with Crippen LogP contribution < -0.4 is 5.32 Å². The summed E-state index contributed by atoms with van der Waals surface area (Å²) < 4.78 is 10.9. The minimum Gasteiger partial charge on any atom is -0.480 e. The van der Waals surface area contributed by atoms with Crippen LogP contribution in [0.25, 0.3) is 11.1 Å². The fraction of sp³-hybridized carbons (Fsp3) is 0.423. The quantitative estimate of drug-likeness (QED) is 0.578. The van der Waals surface area contributed by atoms with Crippen LogP contribution in [0.4, 0.5) is 4.79 Å². The fourth-order valence-corrected chi connectivity index (χ4v) is 4.82. The lowest BCUT2D eigenvalue weighted by molar-refractivity contribution is -0.164. The van der Waals surface area contributed by atoms with Gasteiger partial charge in [-0.2, -0.15) is 0 Å². The summed E-state index contributed by atoms with van der Waals surface area (Å²) in [6.45, 7) is 2.91. The molecule has 0 saturated carbocycles. The lowest BCUT2D eigenvalue weighted by atomic mass is 9.98. The summed E-state index contributed by atoms with van der Waals surface area (Å²) >= 11 is 0. The van der Waals surface area contributed by atoms with Gasteiger partial charge in [0.2, 0.25) is 5.91 Å². The maximum absolute atomic E-state index is 12.5. The smallest absolute Gasteiger partial charge is 0.407 e. The van der Waals surface area contributed by atoms with E-state index in [0.29, 0.717) is 26.0 Å². The van der Waals surface area contributed by atoms with Crippen molar-refractivity contribution in [3.05, 3.63) is 59.7 Å². The number of carbonyl (C=O) groups is 3. The number of carboxylic acid groups (broad SMARTS) is 1. The number of alkyl carbamates (subject to hydrolysis) is 1. The number of unbranched alkanes of at least 4 members (excludes halogenated alkanes) is 1. The number of aliphatic carboxylic acids is 1. The van der Waals surface area contributed by atoms with Crippen LogP contribution in [0.15, 0.2) is 48.5 Å². The van der Waals surface area contributed by atoms with E-state index in [4.69, 9.17) is 9.47 Å². The summed E-state index contributed by atoms with van der Waals surface area (Å²) in [6, 6.07) is 15.4. The molecule has 0 spiro atoms. The number of nitrogens with one attached hydrogen (secondary N) is 1. The number of hydrogen-bond donors (Lipinski definition) is 2. The first-order valence-corrected chi connectivity index (χ1v) is 11.7. The molecule has 1 saturated heterocycles. The van der Waals surface area contributed by atoms with Gasteiger partial charge in [-0.25, -0.2) is 9.59 Å². The van der Waals surface area contributed by atoms with E-state index in [-0.39, 0.29) is 31.4 Å². The van der Waals surface area contributed by atoms with E-state index in [1.54, 1.807) is 6.92 Å². The molecule has 4 rings (SSSR count). The Morgan fingerprint density at radius 1 is 1.06 bits per heavy atom. The third-order valence-electron chi connectivity index (χ3n) is 6.50. The van der Waals surface area contributed by atoms with E-state index in [1.165, 1.54) is 16.0 Å². The minimum absolute atomic E-state index is 0.00821.